The first-order chi connectivity index (χ1) is 16.2. The first-order valence-electron chi connectivity index (χ1n) is 10.5. The van der Waals surface area contributed by atoms with Gasteiger partial charge < -0.3 is 4.74 Å². The van der Waals surface area contributed by atoms with Crippen molar-refractivity contribution in [3.05, 3.63) is 70.2 Å². The lowest BCUT2D eigenvalue weighted by Crippen LogP contribution is -2.26. The number of anilines is 1. The Morgan fingerprint density at radius 3 is 2.47 bits per heavy atom. The van der Waals surface area contributed by atoms with Crippen LogP contribution >= 0.6 is 22.9 Å². The van der Waals surface area contributed by atoms with E-state index in [2.05, 4.69) is 16.5 Å². The molecule has 2 aromatic carbocycles. The summed E-state index contributed by atoms with van der Waals surface area (Å²) in [5.74, 6) is -2.83. The third-order valence-electron chi connectivity index (χ3n) is 5.54. The number of nitrogens with zero attached hydrogens (tertiary/aromatic N) is 1. The van der Waals surface area contributed by atoms with Gasteiger partial charge in [-0.1, -0.05) is 54.3 Å². The van der Waals surface area contributed by atoms with Crippen LogP contribution < -0.4 is 10.1 Å². The van der Waals surface area contributed by atoms with Crippen molar-refractivity contribution >= 4 is 43.8 Å². The van der Waals surface area contributed by atoms with E-state index in [1.165, 1.54) is 24.3 Å². The number of aromatic nitrogens is 1. The van der Waals surface area contributed by atoms with Crippen molar-refractivity contribution in [2.45, 2.75) is 48.4 Å². The third-order valence-corrected chi connectivity index (χ3v) is 8.79. The number of halogens is 3. The smallest absolute Gasteiger partial charge is 0.271 e. The topological polar surface area (TPSA) is 85.4 Å². The van der Waals surface area contributed by atoms with E-state index in [9.17, 15) is 22.0 Å². The summed E-state index contributed by atoms with van der Waals surface area (Å²) in [7, 11) is -3.51. The van der Waals surface area contributed by atoms with Crippen molar-refractivity contribution in [2.75, 3.05) is 5.32 Å². The molecule has 1 fully saturated rings. The summed E-state index contributed by atoms with van der Waals surface area (Å²) >= 11 is 6.78. The average molecular weight is 526 g/mol. The molecule has 1 aliphatic rings. The second-order valence-electron chi connectivity index (χ2n) is 7.84. The van der Waals surface area contributed by atoms with Gasteiger partial charge in [0.25, 0.3) is 5.91 Å². The molecule has 1 atom stereocenters. The Hall–Kier alpha value is -2.56. The minimum Gasteiger partial charge on any atom is -0.473 e. The lowest BCUT2D eigenvalue weighted by molar-refractivity contribution is -0.123. The van der Waals surface area contributed by atoms with Crippen molar-refractivity contribution in [3.8, 4) is 5.75 Å². The molecule has 3 aromatic rings. The Kier molecular flexibility index (Phi) is 7.49. The molecule has 1 aromatic heterocycles. The molecule has 11 heteroatoms. The van der Waals surface area contributed by atoms with Crippen molar-refractivity contribution in [3.63, 3.8) is 0 Å². The van der Waals surface area contributed by atoms with E-state index in [4.69, 9.17) is 16.3 Å². The number of carbonyl (C=O) groups is 1. The van der Waals surface area contributed by atoms with Gasteiger partial charge in [0.1, 0.15) is 16.4 Å². The van der Waals surface area contributed by atoms with Gasteiger partial charge in [-0.05, 0) is 37.1 Å². The Morgan fingerprint density at radius 1 is 1.15 bits per heavy atom. The van der Waals surface area contributed by atoms with Crippen LogP contribution in [0.1, 0.15) is 43.8 Å². The predicted octanol–water partition coefficient (Wildman–Crippen LogP) is 5.74. The second-order valence-corrected chi connectivity index (χ2v) is 11.7. The maximum atomic E-state index is 14.2. The number of ether oxygens (including phenoxy) is 1. The van der Waals surface area contributed by atoms with Crippen molar-refractivity contribution in [2.24, 2.45) is 0 Å². The number of carbonyl (C=O) groups excluding carboxylic acids is 1. The van der Waals surface area contributed by atoms with Crippen LogP contribution in [-0.4, -0.2) is 24.6 Å². The zero-order valence-electron chi connectivity index (χ0n) is 17.8. The van der Waals surface area contributed by atoms with E-state index >= 15 is 0 Å². The molecule has 1 unspecified atom stereocenters. The van der Waals surface area contributed by atoms with Gasteiger partial charge in [-0.15, -0.1) is 0 Å². The Bertz CT molecular complexity index is 1280. The number of benzene rings is 2. The summed E-state index contributed by atoms with van der Waals surface area (Å²) in [5, 5.41) is 2.25. The van der Waals surface area contributed by atoms with Crippen molar-refractivity contribution in [1.82, 2.24) is 4.98 Å². The van der Waals surface area contributed by atoms with Crippen LogP contribution in [0.3, 0.4) is 0 Å². The molecule has 0 bridgehead atoms. The number of rotatable bonds is 7. The number of sulfone groups is 1. The summed E-state index contributed by atoms with van der Waals surface area (Å²) in [6.45, 7) is 0. The quantitative estimate of drug-likeness (QED) is 0.425. The number of nitrogens with one attached hydrogen (secondary N) is 1. The molecular weight excluding hydrogens is 506 g/mol. The zero-order chi connectivity index (χ0) is 24.3. The van der Waals surface area contributed by atoms with Gasteiger partial charge in [-0.3, -0.25) is 10.1 Å². The summed E-state index contributed by atoms with van der Waals surface area (Å²) in [6.07, 6.45) is 5.12. The second kappa shape index (κ2) is 10.4. The number of hydrogen-bond donors (Lipinski definition) is 1. The van der Waals surface area contributed by atoms with Crippen LogP contribution in [0.2, 0.25) is 4.34 Å². The van der Waals surface area contributed by atoms with E-state index < -0.39 is 38.7 Å². The van der Waals surface area contributed by atoms with Crippen molar-refractivity contribution < 1.29 is 26.7 Å². The molecule has 0 saturated heterocycles. The Labute approximate surface area is 204 Å². The van der Waals surface area contributed by atoms with Gasteiger partial charge in [0.15, 0.2) is 26.5 Å². The van der Waals surface area contributed by atoms with Crippen LogP contribution in [0.4, 0.5) is 13.9 Å². The van der Waals surface area contributed by atoms with Gasteiger partial charge >= 0.3 is 0 Å². The monoisotopic (exact) mass is 525 g/mol. The first kappa shape index (κ1) is 24.6. The maximum absolute atomic E-state index is 14.2. The largest absolute Gasteiger partial charge is 0.473 e. The lowest BCUT2D eigenvalue weighted by atomic mass is 10.0. The highest BCUT2D eigenvalue weighted by Crippen LogP contribution is 2.31. The first-order valence-corrected chi connectivity index (χ1v) is 13.3. The normalized spacial score (nSPS) is 15.6. The summed E-state index contributed by atoms with van der Waals surface area (Å²) in [6, 6.07) is 8.43. The fraction of sp³-hybridized carbons (Fsp3) is 0.304. The molecule has 0 aliphatic heterocycles. The Morgan fingerprint density at radius 2 is 1.85 bits per heavy atom. The van der Waals surface area contributed by atoms with Gasteiger partial charge in [-0.25, -0.2) is 22.2 Å². The maximum Gasteiger partial charge on any atom is 0.271 e. The summed E-state index contributed by atoms with van der Waals surface area (Å²) in [5.41, 5.74) is 0.274. The molecule has 0 spiro atoms. The summed E-state index contributed by atoms with van der Waals surface area (Å²) < 4.78 is 59.4. The van der Waals surface area contributed by atoms with E-state index in [0.717, 1.165) is 42.7 Å². The minimum absolute atomic E-state index is 0.150. The molecule has 1 amide bonds. The molecule has 1 aliphatic carbocycles. The minimum atomic E-state index is -3.51. The van der Waals surface area contributed by atoms with Crippen LogP contribution in [0.15, 0.2) is 47.4 Å². The van der Waals surface area contributed by atoms with E-state index in [0.29, 0.717) is 18.9 Å². The molecule has 1 heterocycles. The standard InChI is InChI=1S/C23H20ClF2N2O4S2/c24-20-13-27-23(33-20)28-22(29)21(32-19-11-8-15(25)12-18(19)26)14-6-9-17(10-7-14)34(30,31)16-4-2-1-3-5-16/h6-12,16,21H,1-5H2,(H,27,28,29). The van der Waals surface area contributed by atoms with Crippen LogP contribution in [0, 0.1) is 17.8 Å². The van der Waals surface area contributed by atoms with Gasteiger partial charge in [-0.2, -0.15) is 0 Å². The van der Waals surface area contributed by atoms with Crippen molar-refractivity contribution in [1.29, 1.82) is 0 Å². The van der Waals surface area contributed by atoms with Gasteiger partial charge in [0, 0.05) is 11.6 Å². The number of thiazole rings is 1. The molecule has 179 valence electrons. The molecular formula is C23H20ClF2N2O4S2. The fourth-order valence-electron chi connectivity index (χ4n) is 3.82. The molecule has 4 rings (SSSR count). The van der Waals surface area contributed by atoms with Gasteiger partial charge in [0.2, 0.25) is 6.10 Å². The third kappa shape index (κ3) is 5.56. The number of hydrogen-bond acceptors (Lipinski definition) is 6. The molecule has 6 nitrogen and oxygen atoms in total. The van der Waals surface area contributed by atoms with E-state index in [-0.39, 0.29) is 25.7 Å². The summed E-state index contributed by atoms with van der Waals surface area (Å²) in [4.78, 5) is 17.0. The molecule has 34 heavy (non-hydrogen) atoms. The van der Waals surface area contributed by atoms with Crippen LogP contribution in [0.25, 0.3) is 0 Å². The van der Waals surface area contributed by atoms with Crippen LogP contribution in [-0.2, 0) is 14.6 Å². The van der Waals surface area contributed by atoms with E-state index in [1.807, 2.05) is 0 Å². The molecule has 1 radical (unpaired) electrons. The zero-order valence-corrected chi connectivity index (χ0v) is 20.2. The lowest BCUT2D eigenvalue weighted by Gasteiger charge is -2.22. The van der Waals surface area contributed by atoms with Gasteiger partial charge in [0.05, 0.1) is 10.1 Å². The average Bonchev–Trinajstić information content (AvgIpc) is 3.23. The molecule has 1 saturated carbocycles. The highest BCUT2D eigenvalue weighted by molar-refractivity contribution is 7.92. The fourth-order valence-corrected chi connectivity index (χ4v) is 6.44. The van der Waals surface area contributed by atoms with Crippen LogP contribution in [0.5, 0.6) is 5.75 Å². The van der Waals surface area contributed by atoms with E-state index in [1.54, 1.807) is 0 Å². The highest BCUT2D eigenvalue weighted by atomic mass is 35.5. The molecule has 1 N–H and O–H groups in total. The highest BCUT2D eigenvalue weighted by Gasteiger charge is 2.30. The predicted molar refractivity (Wildman–Crippen MR) is 125 cm³/mol. The number of amides is 1. The SMILES string of the molecule is O=C(Nc1n[c]c(Cl)s1)C(Oc1ccc(F)cc1F)c1ccc(S(=O)(=O)C2CCCCC2)cc1. The Balaban J connectivity index is 1.62.